The summed E-state index contributed by atoms with van der Waals surface area (Å²) in [6, 6.07) is 5.08. The Labute approximate surface area is 125 Å². The first-order valence-electron chi connectivity index (χ1n) is 6.55. The van der Waals surface area contributed by atoms with E-state index in [1.54, 1.807) is 25.1 Å². The Bertz CT molecular complexity index is 472. The van der Waals surface area contributed by atoms with Crippen LogP contribution >= 0.6 is 11.6 Å². The number of benzene rings is 1. The molecule has 20 heavy (non-hydrogen) atoms. The fraction of sp³-hybridized carbons (Fsp3) is 0.533. The van der Waals surface area contributed by atoms with Crippen molar-refractivity contribution in [3.05, 3.63) is 28.8 Å². The molecule has 0 spiro atoms. The molecule has 1 rings (SSSR count). The fourth-order valence-corrected chi connectivity index (χ4v) is 2.43. The molecule has 0 bridgehead atoms. The summed E-state index contributed by atoms with van der Waals surface area (Å²) < 4.78 is 5.16. The summed E-state index contributed by atoms with van der Waals surface area (Å²) in [7, 11) is 1.50. The maximum Gasteiger partial charge on any atom is 0.256 e. The van der Waals surface area contributed by atoms with E-state index in [0.717, 1.165) is 0 Å². The second-order valence-electron chi connectivity index (χ2n) is 5.72. The molecule has 4 nitrogen and oxygen atoms in total. The van der Waals surface area contributed by atoms with Crippen molar-refractivity contribution in [1.29, 1.82) is 0 Å². The first kappa shape index (κ1) is 16.8. The molecule has 5 heteroatoms. The third kappa shape index (κ3) is 4.69. The molecule has 0 aliphatic rings. The number of carbonyl (C=O) groups is 1. The molecule has 0 aliphatic heterocycles. The highest BCUT2D eigenvalue weighted by Crippen LogP contribution is 2.27. The number of aliphatic hydroxyl groups excluding tert-OH is 1. The van der Waals surface area contributed by atoms with Crippen molar-refractivity contribution in [3.63, 3.8) is 0 Å². The fourth-order valence-electron chi connectivity index (χ4n) is 2.17. The van der Waals surface area contributed by atoms with E-state index < -0.39 is 6.10 Å². The van der Waals surface area contributed by atoms with Gasteiger partial charge in [-0.3, -0.25) is 4.79 Å². The lowest BCUT2D eigenvalue weighted by Gasteiger charge is -2.26. The van der Waals surface area contributed by atoms with Crippen LogP contribution in [0.3, 0.4) is 0 Å². The van der Waals surface area contributed by atoms with E-state index in [-0.39, 0.29) is 11.3 Å². The number of amides is 1. The van der Waals surface area contributed by atoms with Gasteiger partial charge in [-0.1, -0.05) is 31.5 Å². The Morgan fingerprint density at radius 2 is 2.15 bits per heavy atom. The first-order valence-corrected chi connectivity index (χ1v) is 6.93. The first-order chi connectivity index (χ1) is 9.26. The molecule has 0 radical (unpaired) electrons. The van der Waals surface area contributed by atoms with E-state index in [0.29, 0.717) is 29.3 Å². The average Bonchev–Trinajstić information content (AvgIpc) is 2.34. The summed E-state index contributed by atoms with van der Waals surface area (Å²) in [5.74, 6) is 0.175. The lowest BCUT2D eigenvalue weighted by molar-refractivity contribution is 0.0899. The van der Waals surface area contributed by atoms with Crippen LogP contribution in [0.2, 0.25) is 5.02 Å². The zero-order valence-electron chi connectivity index (χ0n) is 12.4. The van der Waals surface area contributed by atoms with Gasteiger partial charge in [-0.05, 0) is 30.9 Å². The SMILES string of the molecule is COc1cccc(Cl)c1C(=O)NCC(C)(C)CC(C)O. The molecule has 0 saturated heterocycles. The Kier molecular flexibility index (Phi) is 5.84. The number of ether oxygens (including phenoxy) is 1. The van der Waals surface area contributed by atoms with Crippen LogP contribution in [-0.4, -0.2) is 30.8 Å². The molecule has 0 saturated carbocycles. The van der Waals surface area contributed by atoms with Gasteiger partial charge in [0.1, 0.15) is 5.75 Å². The molecule has 112 valence electrons. The number of hydrogen-bond donors (Lipinski definition) is 2. The third-order valence-electron chi connectivity index (χ3n) is 3.00. The third-order valence-corrected chi connectivity index (χ3v) is 3.31. The van der Waals surface area contributed by atoms with Crippen LogP contribution in [0, 0.1) is 5.41 Å². The Balaban J connectivity index is 2.78. The highest BCUT2D eigenvalue weighted by atomic mass is 35.5. The van der Waals surface area contributed by atoms with Gasteiger partial charge in [0.05, 0.1) is 23.8 Å². The molecule has 0 fully saturated rings. The van der Waals surface area contributed by atoms with Gasteiger partial charge in [0.15, 0.2) is 0 Å². The summed E-state index contributed by atoms with van der Waals surface area (Å²) in [5, 5.41) is 12.6. The number of nitrogens with one attached hydrogen (secondary N) is 1. The van der Waals surface area contributed by atoms with E-state index in [4.69, 9.17) is 16.3 Å². The Morgan fingerprint density at radius 1 is 1.50 bits per heavy atom. The highest BCUT2D eigenvalue weighted by Gasteiger charge is 2.23. The number of carbonyl (C=O) groups excluding carboxylic acids is 1. The molecule has 1 amide bonds. The topological polar surface area (TPSA) is 58.6 Å². The molecule has 0 aliphatic carbocycles. The highest BCUT2D eigenvalue weighted by molar-refractivity contribution is 6.34. The van der Waals surface area contributed by atoms with Crippen LogP contribution in [0.1, 0.15) is 37.6 Å². The van der Waals surface area contributed by atoms with Crippen molar-refractivity contribution in [2.24, 2.45) is 5.41 Å². The van der Waals surface area contributed by atoms with E-state index in [1.165, 1.54) is 7.11 Å². The predicted molar refractivity (Wildman–Crippen MR) is 80.4 cm³/mol. The molecule has 1 aromatic carbocycles. The van der Waals surface area contributed by atoms with Gasteiger partial charge in [0, 0.05) is 6.54 Å². The van der Waals surface area contributed by atoms with Crippen LogP contribution in [0.5, 0.6) is 5.75 Å². The van der Waals surface area contributed by atoms with Crippen LogP contribution in [0.25, 0.3) is 0 Å². The minimum Gasteiger partial charge on any atom is -0.496 e. The predicted octanol–water partition coefficient (Wildman–Crippen LogP) is 2.88. The van der Waals surface area contributed by atoms with Crippen molar-refractivity contribution in [2.45, 2.75) is 33.3 Å². The van der Waals surface area contributed by atoms with Crippen molar-refractivity contribution < 1.29 is 14.6 Å². The summed E-state index contributed by atoms with van der Waals surface area (Å²) in [6.45, 7) is 6.17. The summed E-state index contributed by atoms with van der Waals surface area (Å²) >= 11 is 6.06. The quantitative estimate of drug-likeness (QED) is 0.849. The average molecular weight is 300 g/mol. The molecule has 1 aromatic rings. The minimum absolute atomic E-state index is 0.196. The molecule has 1 atom stereocenters. The molecular formula is C15H22ClNO3. The van der Waals surface area contributed by atoms with Gasteiger partial charge in [0.25, 0.3) is 5.91 Å². The van der Waals surface area contributed by atoms with Crippen molar-refractivity contribution in [2.75, 3.05) is 13.7 Å². The Hall–Kier alpha value is -1.26. The van der Waals surface area contributed by atoms with Gasteiger partial charge in [0.2, 0.25) is 0 Å². The van der Waals surface area contributed by atoms with Gasteiger partial charge in [-0.25, -0.2) is 0 Å². The number of aliphatic hydroxyl groups is 1. The summed E-state index contributed by atoms with van der Waals surface area (Å²) in [5.41, 5.74) is 0.141. The van der Waals surface area contributed by atoms with Crippen molar-refractivity contribution in [3.8, 4) is 5.75 Å². The van der Waals surface area contributed by atoms with E-state index in [2.05, 4.69) is 5.32 Å². The van der Waals surface area contributed by atoms with Crippen LogP contribution in [-0.2, 0) is 0 Å². The largest absolute Gasteiger partial charge is 0.496 e. The second-order valence-corrected chi connectivity index (χ2v) is 6.12. The smallest absolute Gasteiger partial charge is 0.256 e. The minimum atomic E-state index is -0.406. The molecule has 0 heterocycles. The van der Waals surface area contributed by atoms with Crippen molar-refractivity contribution >= 4 is 17.5 Å². The van der Waals surface area contributed by atoms with E-state index in [9.17, 15) is 9.90 Å². The zero-order valence-corrected chi connectivity index (χ0v) is 13.1. The summed E-state index contributed by atoms with van der Waals surface area (Å²) in [4.78, 5) is 12.2. The van der Waals surface area contributed by atoms with Crippen LogP contribution in [0.15, 0.2) is 18.2 Å². The molecule has 1 unspecified atom stereocenters. The number of hydrogen-bond acceptors (Lipinski definition) is 3. The standard InChI is InChI=1S/C15H22ClNO3/c1-10(18)8-15(2,3)9-17-14(19)13-11(16)6-5-7-12(13)20-4/h5-7,10,18H,8-9H2,1-4H3,(H,17,19). The van der Waals surface area contributed by atoms with E-state index in [1.807, 2.05) is 13.8 Å². The van der Waals surface area contributed by atoms with E-state index >= 15 is 0 Å². The molecular weight excluding hydrogens is 278 g/mol. The monoisotopic (exact) mass is 299 g/mol. The number of rotatable bonds is 6. The summed E-state index contributed by atoms with van der Waals surface area (Å²) in [6.07, 6.45) is 0.198. The second kappa shape index (κ2) is 6.95. The van der Waals surface area contributed by atoms with Gasteiger partial charge >= 0.3 is 0 Å². The normalized spacial score (nSPS) is 12.9. The maximum atomic E-state index is 12.2. The maximum absolute atomic E-state index is 12.2. The van der Waals surface area contributed by atoms with Crippen LogP contribution < -0.4 is 10.1 Å². The van der Waals surface area contributed by atoms with Gasteiger partial charge < -0.3 is 15.2 Å². The van der Waals surface area contributed by atoms with Crippen molar-refractivity contribution in [1.82, 2.24) is 5.32 Å². The zero-order chi connectivity index (χ0) is 15.3. The number of methoxy groups -OCH3 is 1. The molecule has 2 N–H and O–H groups in total. The lowest BCUT2D eigenvalue weighted by Crippen LogP contribution is -2.36. The molecule has 0 aromatic heterocycles. The number of halogens is 1. The lowest BCUT2D eigenvalue weighted by atomic mass is 9.87. The van der Waals surface area contributed by atoms with Crippen LogP contribution in [0.4, 0.5) is 0 Å². The van der Waals surface area contributed by atoms with Gasteiger partial charge in [-0.15, -0.1) is 0 Å². The van der Waals surface area contributed by atoms with Gasteiger partial charge in [-0.2, -0.15) is 0 Å². The Morgan fingerprint density at radius 3 is 2.70 bits per heavy atom.